The Hall–Kier alpha value is -2.81. The van der Waals surface area contributed by atoms with Crippen molar-refractivity contribution in [3.63, 3.8) is 0 Å². The van der Waals surface area contributed by atoms with Crippen molar-refractivity contribution in [3.8, 4) is 6.07 Å². The van der Waals surface area contributed by atoms with Gasteiger partial charge >= 0.3 is 12.1 Å². The smallest absolute Gasteiger partial charge is 0.416 e. The summed E-state index contributed by atoms with van der Waals surface area (Å²) in [4.78, 5) is 11.8. The largest absolute Gasteiger partial charge is 0.457 e. The average Bonchev–Trinajstić information content (AvgIpc) is 2.52. The van der Waals surface area contributed by atoms with Gasteiger partial charge in [0.2, 0.25) is 0 Å². The SMILES string of the molecule is N#Cc1cccc(COC(=O)c2cccc(C(F)(F)F)c2)c1. The number of carbonyl (C=O) groups excluding carboxylic acids is 1. The monoisotopic (exact) mass is 305 g/mol. The highest BCUT2D eigenvalue weighted by molar-refractivity contribution is 5.89. The van der Waals surface area contributed by atoms with E-state index in [2.05, 4.69) is 0 Å². The number of ether oxygens (including phenoxy) is 1. The van der Waals surface area contributed by atoms with E-state index in [4.69, 9.17) is 10.00 Å². The third kappa shape index (κ3) is 3.85. The second-order valence-corrected chi connectivity index (χ2v) is 4.47. The summed E-state index contributed by atoms with van der Waals surface area (Å²) in [6, 6.07) is 12.4. The maximum atomic E-state index is 12.6. The molecular weight excluding hydrogens is 295 g/mol. The first-order valence-corrected chi connectivity index (χ1v) is 6.23. The zero-order chi connectivity index (χ0) is 16.2. The molecule has 0 N–H and O–H groups in total. The van der Waals surface area contributed by atoms with Crippen LogP contribution in [0.3, 0.4) is 0 Å². The molecule has 0 aliphatic rings. The maximum Gasteiger partial charge on any atom is 0.416 e. The lowest BCUT2D eigenvalue weighted by Crippen LogP contribution is -2.09. The van der Waals surface area contributed by atoms with E-state index < -0.39 is 17.7 Å². The summed E-state index contributed by atoms with van der Waals surface area (Å²) < 4.78 is 42.7. The quantitative estimate of drug-likeness (QED) is 0.807. The number of halogens is 3. The predicted octanol–water partition coefficient (Wildman–Crippen LogP) is 3.93. The molecule has 0 radical (unpaired) electrons. The number of carbonyl (C=O) groups is 1. The summed E-state index contributed by atoms with van der Waals surface area (Å²) in [5.74, 6) is -0.853. The van der Waals surface area contributed by atoms with Crippen LogP contribution in [-0.2, 0) is 17.5 Å². The molecule has 0 bridgehead atoms. The number of benzene rings is 2. The molecule has 0 aliphatic carbocycles. The van der Waals surface area contributed by atoms with Crippen LogP contribution in [0.4, 0.5) is 13.2 Å². The van der Waals surface area contributed by atoms with E-state index in [-0.39, 0.29) is 12.2 Å². The van der Waals surface area contributed by atoms with E-state index in [0.717, 1.165) is 18.2 Å². The van der Waals surface area contributed by atoms with E-state index in [0.29, 0.717) is 11.1 Å². The molecule has 3 nitrogen and oxygen atoms in total. The van der Waals surface area contributed by atoms with Crippen LogP contribution in [-0.4, -0.2) is 5.97 Å². The second kappa shape index (κ2) is 6.31. The number of rotatable bonds is 3. The highest BCUT2D eigenvalue weighted by atomic mass is 19.4. The fourth-order valence-corrected chi connectivity index (χ4v) is 1.79. The van der Waals surface area contributed by atoms with E-state index in [1.807, 2.05) is 6.07 Å². The van der Waals surface area contributed by atoms with Gasteiger partial charge in [-0.05, 0) is 35.9 Å². The van der Waals surface area contributed by atoms with Crippen molar-refractivity contribution in [1.82, 2.24) is 0 Å². The van der Waals surface area contributed by atoms with Crippen LogP contribution in [0.5, 0.6) is 0 Å². The van der Waals surface area contributed by atoms with Gasteiger partial charge in [-0.1, -0.05) is 18.2 Å². The van der Waals surface area contributed by atoms with Crippen molar-refractivity contribution in [2.75, 3.05) is 0 Å². The molecule has 0 amide bonds. The van der Waals surface area contributed by atoms with Gasteiger partial charge in [-0.3, -0.25) is 0 Å². The fourth-order valence-electron chi connectivity index (χ4n) is 1.79. The van der Waals surface area contributed by atoms with Crippen molar-refractivity contribution in [2.24, 2.45) is 0 Å². The molecule has 2 aromatic rings. The Morgan fingerprint density at radius 2 is 1.86 bits per heavy atom. The van der Waals surface area contributed by atoms with E-state index in [9.17, 15) is 18.0 Å². The fraction of sp³-hybridized carbons (Fsp3) is 0.125. The number of nitrogens with zero attached hydrogens (tertiary/aromatic N) is 1. The Morgan fingerprint density at radius 1 is 1.14 bits per heavy atom. The van der Waals surface area contributed by atoms with Gasteiger partial charge < -0.3 is 4.74 Å². The van der Waals surface area contributed by atoms with Crippen LogP contribution in [0.2, 0.25) is 0 Å². The minimum absolute atomic E-state index is 0.120. The van der Waals surface area contributed by atoms with Crippen LogP contribution >= 0.6 is 0 Å². The number of esters is 1. The van der Waals surface area contributed by atoms with Gasteiger partial charge in [-0.25, -0.2) is 4.79 Å². The van der Waals surface area contributed by atoms with E-state index in [1.165, 1.54) is 6.07 Å². The number of nitriles is 1. The lowest BCUT2D eigenvalue weighted by molar-refractivity contribution is -0.137. The Labute approximate surface area is 124 Å². The summed E-state index contributed by atoms with van der Waals surface area (Å²) >= 11 is 0. The topological polar surface area (TPSA) is 50.1 Å². The Balaban J connectivity index is 2.08. The van der Waals surface area contributed by atoms with Crippen molar-refractivity contribution in [3.05, 3.63) is 70.8 Å². The molecule has 6 heteroatoms. The van der Waals surface area contributed by atoms with Crippen LogP contribution in [0, 0.1) is 11.3 Å². The summed E-state index contributed by atoms with van der Waals surface area (Å²) in [6.07, 6.45) is -4.52. The van der Waals surface area contributed by atoms with E-state index >= 15 is 0 Å². The Kier molecular flexibility index (Phi) is 4.47. The van der Waals surface area contributed by atoms with Crippen LogP contribution in [0.15, 0.2) is 48.5 Å². The average molecular weight is 305 g/mol. The molecule has 0 spiro atoms. The minimum Gasteiger partial charge on any atom is -0.457 e. The molecule has 0 heterocycles. The first-order chi connectivity index (χ1) is 10.4. The highest BCUT2D eigenvalue weighted by Gasteiger charge is 2.31. The van der Waals surface area contributed by atoms with E-state index in [1.54, 1.807) is 24.3 Å². The van der Waals surface area contributed by atoms with Gasteiger partial charge in [0.05, 0.1) is 22.8 Å². The van der Waals surface area contributed by atoms with Crippen molar-refractivity contribution < 1.29 is 22.7 Å². The lowest BCUT2D eigenvalue weighted by Gasteiger charge is -2.09. The zero-order valence-corrected chi connectivity index (χ0v) is 11.2. The molecule has 0 atom stereocenters. The van der Waals surface area contributed by atoms with Crippen LogP contribution in [0.25, 0.3) is 0 Å². The number of hydrogen-bond donors (Lipinski definition) is 0. The molecule has 0 aromatic heterocycles. The summed E-state index contributed by atoms with van der Waals surface area (Å²) in [5.41, 5.74) is -0.0910. The van der Waals surface area contributed by atoms with Gasteiger partial charge in [0.15, 0.2) is 0 Å². The first kappa shape index (κ1) is 15.6. The molecule has 0 saturated heterocycles. The van der Waals surface area contributed by atoms with Crippen LogP contribution in [0.1, 0.15) is 27.0 Å². The molecular formula is C16H10F3NO2. The van der Waals surface area contributed by atoms with Crippen molar-refractivity contribution >= 4 is 5.97 Å². The highest BCUT2D eigenvalue weighted by Crippen LogP contribution is 2.29. The van der Waals surface area contributed by atoms with Gasteiger partial charge in [-0.2, -0.15) is 18.4 Å². The van der Waals surface area contributed by atoms with Gasteiger partial charge in [0, 0.05) is 0 Å². The standard InChI is InChI=1S/C16H10F3NO2/c17-16(18,19)14-6-2-5-13(8-14)15(21)22-10-12-4-1-3-11(7-12)9-20/h1-8H,10H2. The molecule has 2 rings (SSSR count). The molecule has 112 valence electrons. The Bertz CT molecular complexity index is 733. The summed E-state index contributed by atoms with van der Waals surface area (Å²) in [6.45, 7) is -0.120. The zero-order valence-electron chi connectivity index (χ0n) is 11.2. The van der Waals surface area contributed by atoms with Crippen molar-refractivity contribution in [2.45, 2.75) is 12.8 Å². The van der Waals surface area contributed by atoms with Gasteiger partial charge in [-0.15, -0.1) is 0 Å². The van der Waals surface area contributed by atoms with Gasteiger partial charge in [0.25, 0.3) is 0 Å². The molecule has 2 aromatic carbocycles. The minimum atomic E-state index is -4.52. The third-order valence-corrected chi connectivity index (χ3v) is 2.85. The van der Waals surface area contributed by atoms with Crippen LogP contribution < -0.4 is 0 Å². The van der Waals surface area contributed by atoms with Crippen molar-refractivity contribution in [1.29, 1.82) is 5.26 Å². The number of alkyl halides is 3. The normalized spacial score (nSPS) is 10.8. The number of hydrogen-bond acceptors (Lipinski definition) is 3. The third-order valence-electron chi connectivity index (χ3n) is 2.85. The maximum absolute atomic E-state index is 12.6. The molecule has 22 heavy (non-hydrogen) atoms. The van der Waals surface area contributed by atoms with Gasteiger partial charge in [0.1, 0.15) is 6.61 Å². The molecule has 0 unspecified atom stereocenters. The summed E-state index contributed by atoms with van der Waals surface area (Å²) in [7, 11) is 0. The first-order valence-electron chi connectivity index (χ1n) is 6.23. The molecule has 0 aliphatic heterocycles. The Morgan fingerprint density at radius 3 is 2.55 bits per heavy atom. The summed E-state index contributed by atoms with van der Waals surface area (Å²) in [5, 5.41) is 8.76. The lowest BCUT2D eigenvalue weighted by atomic mass is 10.1. The molecule has 0 fully saturated rings. The predicted molar refractivity (Wildman–Crippen MR) is 71.7 cm³/mol. The second-order valence-electron chi connectivity index (χ2n) is 4.47. The molecule has 0 saturated carbocycles.